The Morgan fingerprint density at radius 3 is 2.44 bits per heavy atom. The molecule has 0 saturated carbocycles. The number of imidazole rings is 1. The first-order valence-corrected chi connectivity index (χ1v) is 6.80. The van der Waals surface area contributed by atoms with Gasteiger partial charge in [0.1, 0.15) is 10.4 Å². The lowest BCUT2D eigenvalue weighted by molar-refractivity contribution is 0.169. The third-order valence-corrected chi connectivity index (χ3v) is 4.33. The first kappa shape index (κ1) is 12.1. The molecule has 1 aromatic rings. The summed E-state index contributed by atoms with van der Waals surface area (Å²) in [6.45, 7) is 6.95. The largest absolute Gasteiger partial charge is 0.326 e. The predicted molar refractivity (Wildman–Crippen MR) is 69.6 cm³/mol. The third kappa shape index (κ3) is 2.33. The monoisotopic (exact) mass is 285 g/mol. The van der Waals surface area contributed by atoms with Crippen LogP contribution in [-0.4, -0.2) is 33.6 Å². The second kappa shape index (κ2) is 4.88. The van der Waals surface area contributed by atoms with Crippen molar-refractivity contribution >= 4 is 15.9 Å². The maximum absolute atomic E-state index is 4.51. The highest BCUT2D eigenvalue weighted by Crippen LogP contribution is 2.29. The highest BCUT2D eigenvalue weighted by atomic mass is 79.9. The third-order valence-electron chi connectivity index (χ3n) is 3.59. The second-order valence-electron chi connectivity index (χ2n) is 4.90. The number of hydrogen-bond acceptors (Lipinski definition) is 2. The first-order valence-electron chi connectivity index (χ1n) is 6.00. The van der Waals surface area contributed by atoms with Gasteiger partial charge in [0.2, 0.25) is 0 Å². The Kier molecular flexibility index (Phi) is 3.70. The molecule has 0 atom stereocenters. The molecule has 0 unspecified atom stereocenters. The molecule has 0 aromatic carbocycles. The molecule has 2 heterocycles. The van der Waals surface area contributed by atoms with Gasteiger partial charge < -0.3 is 9.47 Å². The van der Waals surface area contributed by atoms with Gasteiger partial charge in [0.25, 0.3) is 0 Å². The van der Waals surface area contributed by atoms with Crippen molar-refractivity contribution in [2.75, 3.05) is 13.1 Å². The van der Waals surface area contributed by atoms with Gasteiger partial charge in [0, 0.05) is 19.0 Å². The fourth-order valence-corrected chi connectivity index (χ4v) is 2.74. The predicted octanol–water partition coefficient (Wildman–Crippen LogP) is 2.77. The molecular formula is C12H20BrN3. The molecule has 0 aliphatic carbocycles. The van der Waals surface area contributed by atoms with E-state index < -0.39 is 0 Å². The quantitative estimate of drug-likeness (QED) is 0.833. The molecule has 0 N–H and O–H groups in total. The Morgan fingerprint density at radius 2 is 2.00 bits per heavy atom. The van der Waals surface area contributed by atoms with Crippen LogP contribution < -0.4 is 0 Å². The molecule has 1 aromatic heterocycles. The van der Waals surface area contributed by atoms with Crippen LogP contribution in [0, 0.1) is 0 Å². The molecule has 2 rings (SSSR count). The van der Waals surface area contributed by atoms with Crippen molar-refractivity contribution < 1.29 is 0 Å². The second-order valence-corrected chi connectivity index (χ2v) is 5.71. The summed E-state index contributed by atoms with van der Waals surface area (Å²) in [5.74, 6) is 1.86. The Bertz CT molecular complexity index is 351. The molecule has 1 fully saturated rings. The molecule has 1 saturated heterocycles. The molecule has 1 aliphatic rings. The standard InChI is InChI=1S/C12H20BrN3/c1-9(2)16-6-4-10(5-7-16)12-14-8-11(13)15(12)3/h8-10H,4-7H2,1-3H3. The molecule has 4 heteroatoms. The van der Waals surface area contributed by atoms with Gasteiger partial charge >= 0.3 is 0 Å². The van der Waals surface area contributed by atoms with Crippen molar-refractivity contribution in [1.82, 2.24) is 14.5 Å². The molecule has 0 radical (unpaired) electrons. The van der Waals surface area contributed by atoms with E-state index >= 15 is 0 Å². The lowest BCUT2D eigenvalue weighted by atomic mass is 9.95. The number of halogens is 1. The van der Waals surface area contributed by atoms with Gasteiger partial charge in [0.05, 0.1) is 6.20 Å². The molecule has 0 amide bonds. The van der Waals surface area contributed by atoms with Crippen LogP contribution in [-0.2, 0) is 7.05 Å². The molecule has 90 valence electrons. The van der Waals surface area contributed by atoms with Crippen molar-refractivity contribution in [1.29, 1.82) is 0 Å². The average molecular weight is 286 g/mol. The minimum Gasteiger partial charge on any atom is -0.326 e. The van der Waals surface area contributed by atoms with Crippen molar-refractivity contribution in [2.45, 2.75) is 38.6 Å². The summed E-state index contributed by atoms with van der Waals surface area (Å²) >= 11 is 3.51. The summed E-state index contributed by atoms with van der Waals surface area (Å²) in [5, 5.41) is 0. The van der Waals surface area contributed by atoms with Crippen LogP contribution in [0.25, 0.3) is 0 Å². The van der Waals surface area contributed by atoms with Gasteiger partial charge in [-0.3, -0.25) is 0 Å². The van der Waals surface area contributed by atoms with Crippen LogP contribution in [0.5, 0.6) is 0 Å². The normalized spacial score (nSPS) is 19.6. The number of hydrogen-bond donors (Lipinski definition) is 0. The van der Waals surface area contributed by atoms with Gasteiger partial charge in [-0.2, -0.15) is 0 Å². The van der Waals surface area contributed by atoms with E-state index in [1.165, 1.54) is 31.8 Å². The van der Waals surface area contributed by atoms with E-state index in [9.17, 15) is 0 Å². The fraction of sp³-hybridized carbons (Fsp3) is 0.750. The van der Waals surface area contributed by atoms with Crippen LogP contribution in [0.15, 0.2) is 10.8 Å². The number of piperidine rings is 1. The Morgan fingerprint density at radius 1 is 1.38 bits per heavy atom. The Balaban J connectivity index is 2.02. The Hall–Kier alpha value is -0.350. The van der Waals surface area contributed by atoms with Crippen LogP contribution in [0.3, 0.4) is 0 Å². The lowest BCUT2D eigenvalue weighted by Crippen LogP contribution is -2.38. The van der Waals surface area contributed by atoms with Crippen LogP contribution in [0.4, 0.5) is 0 Å². The summed E-state index contributed by atoms with van der Waals surface area (Å²) < 4.78 is 3.24. The topological polar surface area (TPSA) is 21.1 Å². The minimum atomic E-state index is 0.631. The fourth-order valence-electron chi connectivity index (χ4n) is 2.46. The smallest absolute Gasteiger partial charge is 0.112 e. The maximum atomic E-state index is 4.51. The average Bonchev–Trinajstić information content (AvgIpc) is 2.60. The minimum absolute atomic E-state index is 0.631. The van der Waals surface area contributed by atoms with E-state index in [4.69, 9.17) is 0 Å². The summed E-state index contributed by atoms with van der Waals surface area (Å²) in [5.41, 5.74) is 0. The zero-order valence-corrected chi connectivity index (χ0v) is 11.9. The number of aromatic nitrogens is 2. The van der Waals surface area contributed by atoms with Crippen LogP contribution in [0.1, 0.15) is 38.4 Å². The van der Waals surface area contributed by atoms with E-state index in [1.54, 1.807) is 0 Å². The summed E-state index contributed by atoms with van der Waals surface area (Å²) in [6, 6.07) is 0.675. The van der Waals surface area contributed by atoms with E-state index in [0.717, 1.165) is 4.60 Å². The number of likely N-dealkylation sites (tertiary alicyclic amines) is 1. The van der Waals surface area contributed by atoms with E-state index in [0.29, 0.717) is 12.0 Å². The SMILES string of the molecule is CC(C)N1CCC(c2ncc(Br)n2C)CC1. The van der Waals surface area contributed by atoms with Crippen molar-refractivity contribution in [3.63, 3.8) is 0 Å². The molecule has 0 spiro atoms. The molecule has 0 bridgehead atoms. The van der Waals surface area contributed by atoms with E-state index in [-0.39, 0.29) is 0 Å². The zero-order chi connectivity index (χ0) is 11.7. The maximum Gasteiger partial charge on any atom is 0.112 e. The van der Waals surface area contributed by atoms with Gasteiger partial charge in [-0.25, -0.2) is 4.98 Å². The molecular weight excluding hydrogens is 266 g/mol. The lowest BCUT2D eigenvalue weighted by Gasteiger charge is -2.34. The number of rotatable bonds is 2. The van der Waals surface area contributed by atoms with Gasteiger partial charge in [-0.05, 0) is 55.7 Å². The highest BCUT2D eigenvalue weighted by Gasteiger charge is 2.24. The Labute approximate surface area is 106 Å². The van der Waals surface area contributed by atoms with E-state index in [2.05, 4.69) is 51.3 Å². The first-order chi connectivity index (χ1) is 7.59. The van der Waals surface area contributed by atoms with Crippen molar-refractivity contribution in [3.05, 3.63) is 16.6 Å². The van der Waals surface area contributed by atoms with E-state index in [1.807, 2.05) is 6.20 Å². The van der Waals surface area contributed by atoms with Gasteiger partial charge in [0.15, 0.2) is 0 Å². The van der Waals surface area contributed by atoms with Gasteiger partial charge in [-0.1, -0.05) is 0 Å². The van der Waals surface area contributed by atoms with Crippen LogP contribution in [0.2, 0.25) is 0 Å². The van der Waals surface area contributed by atoms with Crippen LogP contribution >= 0.6 is 15.9 Å². The molecule has 16 heavy (non-hydrogen) atoms. The van der Waals surface area contributed by atoms with Crippen molar-refractivity contribution in [2.24, 2.45) is 7.05 Å². The molecule has 3 nitrogen and oxygen atoms in total. The van der Waals surface area contributed by atoms with Gasteiger partial charge in [-0.15, -0.1) is 0 Å². The highest BCUT2D eigenvalue weighted by molar-refractivity contribution is 9.10. The summed E-state index contributed by atoms with van der Waals surface area (Å²) in [6.07, 6.45) is 4.37. The summed E-state index contributed by atoms with van der Waals surface area (Å²) in [4.78, 5) is 7.06. The van der Waals surface area contributed by atoms with Crippen molar-refractivity contribution in [3.8, 4) is 0 Å². The molecule has 1 aliphatic heterocycles. The number of nitrogens with zero attached hydrogens (tertiary/aromatic N) is 3. The summed E-state index contributed by atoms with van der Waals surface area (Å²) in [7, 11) is 2.08. The zero-order valence-electron chi connectivity index (χ0n) is 10.3.